The topological polar surface area (TPSA) is 23.6 Å². The molecule has 0 spiro atoms. The van der Waals surface area contributed by atoms with Gasteiger partial charge in [-0.1, -0.05) is 42.5 Å². The molecule has 1 saturated heterocycles. The third-order valence-electron chi connectivity index (χ3n) is 4.62. The lowest BCUT2D eigenvalue weighted by Crippen LogP contribution is -2.35. The van der Waals surface area contributed by atoms with Crippen LogP contribution in [0.4, 0.5) is 0 Å². The van der Waals surface area contributed by atoms with Gasteiger partial charge in [-0.05, 0) is 16.3 Å². The van der Waals surface area contributed by atoms with Crippen LogP contribution < -0.4 is 0 Å². The SMILES string of the molecule is CN1C=C(c2cccc3ccccc23)C(N2CCSC2)C1=C=O. The fourth-order valence-corrected chi connectivity index (χ4v) is 4.52. The van der Waals surface area contributed by atoms with Gasteiger partial charge in [0.1, 0.15) is 11.6 Å². The quantitative estimate of drug-likeness (QED) is 0.792. The Bertz CT molecular complexity index is 827. The monoisotopic (exact) mass is 322 g/mol. The summed E-state index contributed by atoms with van der Waals surface area (Å²) in [6.45, 7) is 1.01. The second-order valence-corrected chi connectivity index (χ2v) is 7.04. The van der Waals surface area contributed by atoms with Crippen LogP contribution in [-0.2, 0) is 4.79 Å². The average molecular weight is 322 g/mol. The van der Waals surface area contributed by atoms with E-state index >= 15 is 0 Å². The number of hydrogen-bond acceptors (Lipinski definition) is 4. The summed E-state index contributed by atoms with van der Waals surface area (Å²) in [6.07, 6.45) is 2.09. The maximum Gasteiger partial charge on any atom is 0.148 e. The Balaban J connectivity index is 1.88. The third kappa shape index (κ3) is 2.40. The highest BCUT2D eigenvalue weighted by atomic mass is 32.2. The second-order valence-electron chi connectivity index (χ2n) is 5.96. The summed E-state index contributed by atoms with van der Waals surface area (Å²) >= 11 is 1.92. The number of benzene rings is 2. The molecule has 0 amide bonds. The van der Waals surface area contributed by atoms with Crippen molar-refractivity contribution in [1.29, 1.82) is 0 Å². The van der Waals surface area contributed by atoms with Gasteiger partial charge < -0.3 is 4.90 Å². The van der Waals surface area contributed by atoms with E-state index in [-0.39, 0.29) is 6.04 Å². The number of hydrogen-bond donors (Lipinski definition) is 0. The molecule has 0 aromatic heterocycles. The highest BCUT2D eigenvalue weighted by molar-refractivity contribution is 7.99. The molecule has 0 bridgehead atoms. The summed E-state index contributed by atoms with van der Waals surface area (Å²) in [6, 6.07) is 14.8. The molecule has 3 nitrogen and oxygen atoms in total. The lowest BCUT2D eigenvalue weighted by molar-refractivity contribution is 0.319. The van der Waals surface area contributed by atoms with Crippen LogP contribution in [0.3, 0.4) is 0 Å². The first-order valence-electron chi connectivity index (χ1n) is 7.79. The van der Waals surface area contributed by atoms with E-state index in [0.717, 1.165) is 23.9 Å². The molecule has 1 fully saturated rings. The summed E-state index contributed by atoms with van der Waals surface area (Å²) in [5.41, 5.74) is 3.13. The van der Waals surface area contributed by atoms with Gasteiger partial charge in [0.15, 0.2) is 0 Å². The molecule has 0 aliphatic carbocycles. The van der Waals surface area contributed by atoms with Crippen LogP contribution in [0.5, 0.6) is 0 Å². The third-order valence-corrected chi connectivity index (χ3v) is 5.60. The Hall–Kier alpha value is -2.00. The van der Waals surface area contributed by atoms with Crippen molar-refractivity contribution in [3.8, 4) is 0 Å². The van der Waals surface area contributed by atoms with Gasteiger partial charge in [-0.25, -0.2) is 4.79 Å². The van der Waals surface area contributed by atoms with Gasteiger partial charge in [-0.2, -0.15) is 0 Å². The average Bonchev–Trinajstić information content (AvgIpc) is 3.21. The van der Waals surface area contributed by atoms with E-state index in [1.54, 1.807) is 0 Å². The van der Waals surface area contributed by atoms with Crippen LogP contribution in [0.25, 0.3) is 16.3 Å². The van der Waals surface area contributed by atoms with Crippen LogP contribution >= 0.6 is 11.8 Å². The van der Waals surface area contributed by atoms with E-state index < -0.39 is 0 Å². The Morgan fingerprint density at radius 2 is 2.00 bits per heavy atom. The van der Waals surface area contributed by atoms with Crippen molar-refractivity contribution in [2.75, 3.05) is 25.2 Å². The van der Waals surface area contributed by atoms with Crippen molar-refractivity contribution in [1.82, 2.24) is 9.80 Å². The van der Waals surface area contributed by atoms with E-state index in [9.17, 15) is 4.79 Å². The minimum atomic E-state index is 0.0123. The number of rotatable bonds is 2. The van der Waals surface area contributed by atoms with Crippen molar-refractivity contribution >= 4 is 34.0 Å². The first-order chi connectivity index (χ1) is 11.3. The van der Waals surface area contributed by atoms with Crippen molar-refractivity contribution in [2.45, 2.75) is 6.04 Å². The first kappa shape index (κ1) is 14.6. The molecule has 23 heavy (non-hydrogen) atoms. The van der Waals surface area contributed by atoms with Gasteiger partial charge in [0.25, 0.3) is 0 Å². The number of fused-ring (bicyclic) bond motifs is 1. The number of likely N-dealkylation sites (N-methyl/N-ethyl adjacent to an activating group) is 1. The molecular weight excluding hydrogens is 304 g/mol. The lowest BCUT2D eigenvalue weighted by atomic mass is 9.94. The molecule has 116 valence electrons. The Morgan fingerprint density at radius 3 is 2.78 bits per heavy atom. The molecule has 1 atom stereocenters. The maximum absolute atomic E-state index is 11.6. The van der Waals surface area contributed by atoms with E-state index in [1.807, 2.05) is 23.7 Å². The lowest BCUT2D eigenvalue weighted by Gasteiger charge is -2.26. The molecule has 2 heterocycles. The van der Waals surface area contributed by atoms with E-state index in [4.69, 9.17) is 0 Å². The van der Waals surface area contributed by atoms with Gasteiger partial charge in [-0.3, -0.25) is 4.90 Å². The van der Waals surface area contributed by atoms with E-state index in [0.29, 0.717) is 0 Å². The van der Waals surface area contributed by atoms with Gasteiger partial charge >= 0.3 is 0 Å². The van der Waals surface area contributed by atoms with Crippen molar-refractivity contribution in [3.05, 3.63) is 59.9 Å². The van der Waals surface area contributed by atoms with Crippen LogP contribution in [0.15, 0.2) is 54.4 Å². The number of carbonyl (C=O) groups excluding carboxylic acids is 1. The molecular formula is C19H18N2OS. The van der Waals surface area contributed by atoms with Crippen LogP contribution in [0.2, 0.25) is 0 Å². The van der Waals surface area contributed by atoms with Gasteiger partial charge in [0.2, 0.25) is 0 Å². The predicted molar refractivity (Wildman–Crippen MR) is 96.7 cm³/mol. The first-order valence-corrected chi connectivity index (χ1v) is 8.94. The molecule has 1 unspecified atom stereocenters. The van der Waals surface area contributed by atoms with Gasteiger partial charge in [-0.15, -0.1) is 11.8 Å². The van der Waals surface area contributed by atoms with Gasteiger partial charge in [0.05, 0.1) is 6.04 Å². The number of nitrogens with zero attached hydrogens (tertiary/aromatic N) is 2. The Kier molecular flexibility index (Phi) is 3.74. The molecule has 4 rings (SSSR count). The maximum atomic E-state index is 11.6. The minimum Gasteiger partial charge on any atom is -0.343 e. The fourth-order valence-electron chi connectivity index (χ4n) is 3.51. The second kappa shape index (κ2) is 5.89. The standard InChI is InChI=1S/C19H18N2OS/c1-20-11-17(19(18(20)12-22)21-9-10-23-13-21)16-8-4-6-14-5-2-3-7-15(14)16/h2-8,11,19H,9-10,13H2,1H3. The summed E-state index contributed by atoms with van der Waals surface area (Å²) in [5.74, 6) is 4.26. The van der Waals surface area contributed by atoms with Crippen molar-refractivity contribution < 1.29 is 4.79 Å². The summed E-state index contributed by atoms with van der Waals surface area (Å²) in [4.78, 5) is 15.9. The van der Waals surface area contributed by atoms with Crippen LogP contribution in [0.1, 0.15) is 5.56 Å². The highest BCUT2D eigenvalue weighted by Crippen LogP contribution is 2.39. The van der Waals surface area contributed by atoms with Crippen molar-refractivity contribution in [2.24, 2.45) is 0 Å². The van der Waals surface area contributed by atoms with Crippen LogP contribution in [0, 0.1) is 0 Å². The molecule has 0 radical (unpaired) electrons. The van der Waals surface area contributed by atoms with Gasteiger partial charge in [0, 0.05) is 37.0 Å². The minimum absolute atomic E-state index is 0.0123. The zero-order valence-corrected chi connectivity index (χ0v) is 13.8. The summed E-state index contributed by atoms with van der Waals surface area (Å²) in [7, 11) is 1.94. The molecule has 0 saturated carbocycles. The Morgan fingerprint density at radius 1 is 1.17 bits per heavy atom. The molecule has 4 heteroatoms. The van der Waals surface area contributed by atoms with E-state index in [2.05, 4.69) is 59.5 Å². The van der Waals surface area contributed by atoms with E-state index in [1.165, 1.54) is 21.9 Å². The molecule has 0 N–H and O–H groups in total. The Labute approximate surface area is 140 Å². The smallest absolute Gasteiger partial charge is 0.148 e. The summed E-state index contributed by atoms with van der Waals surface area (Å²) < 4.78 is 0. The highest BCUT2D eigenvalue weighted by Gasteiger charge is 2.36. The zero-order chi connectivity index (χ0) is 15.8. The molecule has 2 aliphatic heterocycles. The molecule has 2 aliphatic rings. The van der Waals surface area contributed by atoms with Crippen LogP contribution in [-0.4, -0.2) is 47.0 Å². The molecule has 2 aromatic carbocycles. The largest absolute Gasteiger partial charge is 0.343 e. The summed E-state index contributed by atoms with van der Waals surface area (Å²) in [5, 5.41) is 2.46. The molecule has 2 aromatic rings. The normalized spacial score (nSPS) is 21.8. The predicted octanol–water partition coefficient (Wildman–Crippen LogP) is 3.22. The fraction of sp³-hybridized carbons (Fsp3) is 0.263. The van der Waals surface area contributed by atoms with Crippen molar-refractivity contribution in [3.63, 3.8) is 0 Å². The zero-order valence-electron chi connectivity index (χ0n) is 13.0. The number of thioether (sulfide) groups is 1.